The van der Waals surface area contributed by atoms with E-state index >= 15 is 0 Å². The number of H-pyrrole nitrogens is 1. The molecule has 40 heavy (non-hydrogen) atoms. The molecule has 12 heteroatoms. The van der Waals surface area contributed by atoms with Crippen molar-refractivity contribution in [2.75, 3.05) is 45.9 Å². The Bertz CT molecular complexity index is 1540. The second-order valence-electron chi connectivity index (χ2n) is 10.1. The van der Waals surface area contributed by atoms with Gasteiger partial charge in [-0.25, -0.2) is 13.4 Å². The molecule has 218 valence electrons. The summed E-state index contributed by atoms with van der Waals surface area (Å²) >= 11 is 0. The maximum absolute atomic E-state index is 13.7. The summed E-state index contributed by atoms with van der Waals surface area (Å²) in [4.78, 5) is 35.6. The number of aliphatic hydroxyl groups excluding tert-OH is 1. The molecule has 1 aliphatic rings. The Morgan fingerprint density at radius 1 is 1.15 bits per heavy atom. The number of carbonyl (C=O) groups excluding carboxylic acids is 1. The van der Waals surface area contributed by atoms with Crippen molar-refractivity contribution in [3.63, 3.8) is 0 Å². The molecule has 0 saturated carbocycles. The van der Waals surface area contributed by atoms with Crippen LogP contribution in [0.25, 0.3) is 22.4 Å². The van der Waals surface area contributed by atoms with E-state index in [1.165, 1.54) is 23.4 Å². The highest BCUT2D eigenvalue weighted by molar-refractivity contribution is 7.89. The first kappa shape index (κ1) is 29.9. The number of nitrogens with zero attached hydrogens (tertiary/aromatic N) is 4. The van der Waals surface area contributed by atoms with E-state index in [0.717, 1.165) is 19.4 Å². The van der Waals surface area contributed by atoms with Crippen molar-refractivity contribution in [1.29, 1.82) is 0 Å². The molecule has 1 aromatic carbocycles. The van der Waals surface area contributed by atoms with Crippen molar-refractivity contribution >= 4 is 26.8 Å². The normalized spacial score (nSPS) is 15.1. The van der Waals surface area contributed by atoms with Gasteiger partial charge in [-0.1, -0.05) is 20.3 Å². The molecule has 1 saturated heterocycles. The molecule has 0 radical (unpaired) electrons. The summed E-state index contributed by atoms with van der Waals surface area (Å²) in [7, 11) is -2.14. The Morgan fingerprint density at radius 2 is 1.88 bits per heavy atom. The Hall–Kier alpha value is -3.06. The molecule has 2 aromatic heterocycles. The summed E-state index contributed by atoms with van der Waals surface area (Å²) in [5, 5.41) is 9.09. The molecule has 3 heterocycles. The van der Waals surface area contributed by atoms with E-state index in [2.05, 4.69) is 9.88 Å². The first-order valence-electron chi connectivity index (χ1n) is 13.9. The third-order valence-electron chi connectivity index (χ3n) is 7.24. The smallest absolute Gasteiger partial charge is 0.275 e. The van der Waals surface area contributed by atoms with Gasteiger partial charge in [-0.15, -0.1) is 0 Å². The summed E-state index contributed by atoms with van der Waals surface area (Å²) in [5.41, 5.74) is 1.84. The Kier molecular flexibility index (Phi) is 9.44. The monoisotopic (exact) mass is 573 g/mol. The van der Waals surface area contributed by atoms with E-state index in [9.17, 15) is 18.0 Å². The summed E-state index contributed by atoms with van der Waals surface area (Å²) in [6, 6.07) is 4.65. The minimum atomic E-state index is -3.82. The van der Waals surface area contributed by atoms with Gasteiger partial charge < -0.3 is 24.3 Å². The molecule has 4 rings (SSSR count). The second-order valence-corrected chi connectivity index (χ2v) is 12.1. The number of benzene rings is 1. The molecular weight excluding hydrogens is 534 g/mol. The van der Waals surface area contributed by atoms with Gasteiger partial charge in [-0.2, -0.15) is 4.31 Å². The maximum Gasteiger partial charge on any atom is 0.275 e. The number of piperazine rings is 1. The van der Waals surface area contributed by atoms with E-state index in [0.29, 0.717) is 79.2 Å². The third-order valence-corrected chi connectivity index (χ3v) is 9.13. The lowest BCUT2D eigenvalue weighted by molar-refractivity contribution is 0.100. The van der Waals surface area contributed by atoms with E-state index in [1.54, 1.807) is 17.7 Å². The molecule has 0 bridgehead atoms. The first-order valence-corrected chi connectivity index (χ1v) is 15.3. The Balaban J connectivity index is 1.81. The molecule has 1 aliphatic heterocycles. The number of rotatable bonds is 12. The van der Waals surface area contributed by atoms with Crippen LogP contribution in [-0.4, -0.2) is 89.0 Å². The number of aryl methyl sites for hydroxylation is 2. The molecular formula is C28H39N5O6S. The number of carbonyl (C=O) groups is 1. The fourth-order valence-electron chi connectivity index (χ4n) is 5.31. The van der Waals surface area contributed by atoms with Gasteiger partial charge in [-0.3, -0.25) is 9.59 Å². The van der Waals surface area contributed by atoms with Crippen molar-refractivity contribution in [1.82, 2.24) is 23.7 Å². The predicted octanol–water partition coefficient (Wildman–Crippen LogP) is 2.56. The Morgan fingerprint density at radius 3 is 2.50 bits per heavy atom. The maximum atomic E-state index is 13.7. The van der Waals surface area contributed by atoms with Crippen LogP contribution in [0.4, 0.5) is 0 Å². The number of hydrogen-bond donors (Lipinski definition) is 2. The number of aliphatic hydroxyl groups is 1. The van der Waals surface area contributed by atoms with Gasteiger partial charge in [0.15, 0.2) is 5.78 Å². The highest BCUT2D eigenvalue weighted by atomic mass is 32.2. The standard InChI is InChI=1S/C28H39N5O6S/c1-5-8-21-24-26(31(4)25(21)19(3)35)28(36)30-27(29-24)22-18-20(9-10-23(22)39-17-6-2)40(37,38)33-14-12-32(13-15-33)11-7-16-34/h9-10,18,34H,5-8,11-17H2,1-4H3,(H,29,30,36). The SMILES string of the molecule is CCCOc1ccc(S(=O)(=O)N2CCN(CCCO)CC2)cc1-c1nc2c(CCC)c(C(C)=O)n(C)c2c(=O)[nH]1. The number of nitrogens with one attached hydrogen (secondary N) is 1. The number of fused-ring (bicyclic) bond motifs is 1. The van der Waals surface area contributed by atoms with E-state index < -0.39 is 15.6 Å². The number of sulfonamides is 1. The lowest BCUT2D eigenvalue weighted by Gasteiger charge is -2.33. The van der Waals surface area contributed by atoms with Gasteiger partial charge in [0.1, 0.15) is 22.6 Å². The zero-order valence-corrected chi connectivity index (χ0v) is 24.5. The van der Waals surface area contributed by atoms with Crippen molar-refractivity contribution in [2.24, 2.45) is 7.05 Å². The average Bonchev–Trinajstić information content (AvgIpc) is 3.22. The number of ether oxygens (including phenoxy) is 1. The van der Waals surface area contributed by atoms with Crippen LogP contribution < -0.4 is 10.3 Å². The zero-order chi connectivity index (χ0) is 29.0. The van der Waals surface area contributed by atoms with Crippen LogP contribution in [0.3, 0.4) is 0 Å². The second kappa shape index (κ2) is 12.6. The molecule has 0 spiro atoms. The molecule has 0 amide bonds. The topological polar surface area (TPSA) is 138 Å². The highest BCUT2D eigenvalue weighted by Gasteiger charge is 2.30. The van der Waals surface area contributed by atoms with E-state index in [4.69, 9.17) is 14.8 Å². The van der Waals surface area contributed by atoms with Crippen LogP contribution in [0.5, 0.6) is 5.75 Å². The van der Waals surface area contributed by atoms with Crippen molar-refractivity contribution in [3.8, 4) is 17.1 Å². The van der Waals surface area contributed by atoms with E-state index in [1.807, 2.05) is 13.8 Å². The van der Waals surface area contributed by atoms with Gasteiger partial charge in [0.05, 0.1) is 22.8 Å². The predicted molar refractivity (Wildman–Crippen MR) is 153 cm³/mol. The minimum absolute atomic E-state index is 0.0872. The highest BCUT2D eigenvalue weighted by Crippen LogP contribution is 2.33. The van der Waals surface area contributed by atoms with Crippen LogP contribution in [-0.2, 0) is 23.5 Å². The fourth-order valence-corrected chi connectivity index (χ4v) is 6.76. The number of Topliss-reactive ketones (excluding diaryl/α,β-unsaturated/α-hetero) is 1. The van der Waals surface area contributed by atoms with Crippen molar-refractivity contribution < 1.29 is 23.1 Å². The summed E-state index contributed by atoms with van der Waals surface area (Å²) in [6.07, 6.45) is 2.72. The van der Waals surface area contributed by atoms with Crippen LogP contribution in [0, 0.1) is 0 Å². The molecule has 0 aliphatic carbocycles. The van der Waals surface area contributed by atoms with Gasteiger partial charge in [0.25, 0.3) is 5.56 Å². The van der Waals surface area contributed by atoms with Crippen LogP contribution in [0.2, 0.25) is 0 Å². The van der Waals surface area contributed by atoms with Gasteiger partial charge in [-0.05, 0) is 37.5 Å². The van der Waals surface area contributed by atoms with Crippen LogP contribution in [0.1, 0.15) is 56.1 Å². The molecule has 0 unspecified atom stereocenters. The Labute approximate surface area is 234 Å². The van der Waals surface area contributed by atoms with Gasteiger partial charge >= 0.3 is 0 Å². The summed E-state index contributed by atoms with van der Waals surface area (Å²) < 4.78 is 36.3. The number of aromatic nitrogens is 3. The molecule has 2 N–H and O–H groups in total. The van der Waals surface area contributed by atoms with Crippen LogP contribution >= 0.6 is 0 Å². The molecule has 1 fully saturated rings. The van der Waals surface area contributed by atoms with Gasteiger partial charge in [0, 0.05) is 58.9 Å². The average molecular weight is 574 g/mol. The zero-order valence-electron chi connectivity index (χ0n) is 23.7. The number of ketones is 1. The summed E-state index contributed by atoms with van der Waals surface area (Å²) in [6.45, 7) is 8.53. The lowest BCUT2D eigenvalue weighted by atomic mass is 10.1. The third kappa shape index (κ3) is 5.85. The number of hydrogen-bond acceptors (Lipinski definition) is 8. The fraction of sp³-hybridized carbons (Fsp3) is 0.536. The quantitative estimate of drug-likeness (QED) is 0.316. The largest absolute Gasteiger partial charge is 0.493 e. The van der Waals surface area contributed by atoms with E-state index in [-0.39, 0.29) is 23.1 Å². The molecule has 11 nitrogen and oxygen atoms in total. The summed E-state index contributed by atoms with van der Waals surface area (Å²) in [5.74, 6) is 0.450. The number of aromatic amines is 1. The molecule has 0 atom stereocenters. The van der Waals surface area contributed by atoms with Crippen molar-refractivity contribution in [2.45, 2.75) is 51.3 Å². The minimum Gasteiger partial charge on any atom is -0.493 e. The van der Waals surface area contributed by atoms with Crippen molar-refractivity contribution in [3.05, 3.63) is 39.8 Å². The first-order chi connectivity index (χ1) is 19.1. The van der Waals surface area contributed by atoms with Crippen LogP contribution in [0.15, 0.2) is 27.9 Å². The lowest BCUT2D eigenvalue weighted by Crippen LogP contribution is -2.48. The van der Waals surface area contributed by atoms with Gasteiger partial charge in [0.2, 0.25) is 10.0 Å². The molecule has 3 aromatic rings.